The van der Waals surface area contributed by atoms with E-state index in [9.17, 15) is 13.2 Å². The molecule has 0 aromatic carbocycles. The van der Waals surface area contributed by atoms with Crippen LogP contribution in [0.5, 0.6) is 0 Å². The normalized spacial score (nSPS) is 15.3. The van der Waals surface area contributed by atoms with Crippen molar-refractivity contribution in [1.29, 1.82) is 5.26 Å². The van der Waals surface area contributed by atoms with Crippen LogP contribution in [0.15, 0.2) is 0 Å². The van der Waals surface area contributed by atoms with Gasteiger partial charge < -0.3 is 5.11 Å². The second-order valence-corrected chi connectivity index (χ2v) is 5.32. The Bertz CT molecular complexity index is 357. The molecular weight excluding hydrogens is 220 g/mol. The van der Waals surface area contributed by atoms with Gasteiger partial charge in [0.15, 0.2) is 5.25 Å². The van der Waals surface area contributed by atoms with Crippen molar-refractivity contribution in [3.63, 3.8) is 0 Å². The molecule has 86 valence electrons. The summed E-state index contributed by atoms with van der Waals surface area (Å²) in [4.78, 5) is 10.4. The van der Waals surface area contributed by atoms with Gasteiger partial charge in [-0.05, 0) is 13.3 Å². The minimum Gasteiger partial charge on any atom is -0.481 e. The molecule has 0 aromatic rings. The number of hydrogen-bond donors (Lipinski definition) is 2. The predicted octanol–water partition coefficient (Wildman–Crippen LogP) is -0.0713. The van der Waals surface area contributed by atoms with Gasteiger partial charge in [-0.1, -0.05) is 6.92 Å². The number of carbonyl (C=O) groups is 1. The van der Waals surface area contributed by atoms with E-state index in [-0.39, 0.29) is 13.0 Å². The third kappa shape index (κ3) is 4.76. The summed E-state index contributed by atoms with van der Waals surface area (Å²) >= 11 is 0. The fourth-order valence-corrected chi connectivity index (χ4v) is 1.53. The maximum absolute atomic E-state index is 11.2. The number of carboxylic acids is 1. The molecule has 0 aliphatic heterocycles. The largest absolute Gasteiger partial charge is 0.481 e. The second kappa shape index (κ2) is 5.68. The van der Waals surface area contributed by atoms with Crippen LogP contribution in [-0.2, 0) is 14.8 Å². The second-order valence-electron chi connectivity index (χ2n) is 3.24. The first-order chi connectivity index (χ1) is 6.81. The summed E-state index contributed by atoms with van der Waals surface area (Å²) in [5, 5.41) is 15.8. The van der Waals surface area contributed by atoms with E-state index in [1.54, 1.807) is 6.07 Å². The first-order valence-corrected chi connectivity index (χ1v) is 5.96. The highest BCUT2D eigenvalue weighted by molar-refractivity contribution is 7.90. The summed E-state index contributed by atoms with van der Waals surface area (Å²) in [6.07, 6.45) is 0.201. The minimum atomic E-state index is -3.64. The Morgan fingerprint density at radius 1 is 1.53 bits per heavy atom. The lowest BCUT2D eigenvalue weighted by molar-refractivity contribution is -0.141. The van der Waals surface area contributed by atoms with E-state index < -0.39 is 27.2 Å². The molecule has 0 radical (unpaired) electrons. The monoisotopic (exact) mass is 234 g/mol. The number of nitrogens with one attached hydrogen (secondary N) is 1. The van der Waals surface area contributed by atoms with Gasteiger partial charge in [0.05, 0.1) is 12.0 Å². The van der Waals surface area contributed by atoms with Crippen molar-refractivity contribution in [3.8, 4) is 6.07 Å². The van der Waals surface area contributed by atoms with Gasteiger partial charge in [-0.25, -0.2) is 13.1 Å². The van der Waals surface area contributed by atoms with Crippen LogP contribution in [0.25, 0.3) is 0 Å². The summed E-state index contributed by atoms with van der Waals surface area (Å²) in [6, 6.07) is 1.60. The van der Waals surface area contributed by atoms with Crippen molar-refractivity contribution in [2.45, 2.75) is 25.5 Å². The average molecular weight is 234 g/mol. The standard InChI is InChI=1S/C8H14N2O4S/c1-6(8(11)12)3-4-10-15(13,14)7(2)5-9/h6-7,10H,3-4H2,1-2H3,(H,11,12). The summed E-state index contributed by atoms with van der Waals surface area (Å²) in [5.74, 6) is -1.58. The first-order valence-electron chi connectivity index (χ1n) is 4.42. The van der Waals surface area contributed by atoms with Crippen LogP contribution in [-0.4, -0.2) is 31.3 Å². The number of nitrogens with zero attached hydrogens (tertiary/aromatic N) is 1. The fraction of sp³-hybridized carbons (Fsp3) is 0.750. The van der Waals surface area contributed by atoms with Crippen LogP contribution >= 0.6 is 0 Å². The maximum atomic E-state index is 11.2. The summed E-state index contributed by atoms with van der Waals surface area (Å²) in [7, 11) is -3.64. The van der Waals surface area contributed by atoms with Gasteiger partial charge in [0.2, 0.25) is 10.0 Å². The molecule has 0 fully saturated rings. The average Bonchev–Trinajstić information content (AvgIpc) is 2.15. The molecule has 6 nitrogen and oxygen atoms in total. The molecule has 2 atom stereocenters. The zero-order chi connectivity index (χ0) is 12.1. The molecular formula is C8H14N2O4S. The van der Waals surface area contributed by atoms with Crippen LogP contribution in [0, 0.1) is 17.2 Å². The number of rotatable bonds is 6. The quantitative estimate of drug-likeness (QED) is 0.668. The van der Waals surface area contributed by atoms with Crippen LogP contribution in [0.2, 0.25) is 0 Å². The van der Waals surface area contributed by atoms with Gasteiger partial charge in [0.25, 0.3) is 0 Å². The van der Waals surface area contributed by atoms with E-state index in [1.807, 2.05) is 0 Å². The molecule has 7 heteroatoms. The van der Waals surface area contributed by atoms with Crippen LogP contribution < -0.4 is 4.72 Å². The zero-order valence-corrected chi connectivity index (χ0v) is 9.41. The van der Waals surface area contributed by atoms with E-state index in [0.717, 1.165) is 0 Å². The zero-order valence-electron chi connectivity index (χ0n) is 8.60. The van der Waals surface area contributed by atoms with E-state index >= 15 is 0 Å². The molecule has 0 aromatic heterocycles. The Hall–Kier alpha value is -1.13. The molecule has 0 bridgehead atoms. The topological polar surface area (TPSA) is 107 Å². The highest BCUT2D eigenvalue weighted by atomic mass is 32.2. The Labute approximate surface area is 89.0 Å². The van der Waals surface area contributed by atoms with Crippen molar-refractivity contribution in [2.75, 3.05) is 6.54 Å². The van der Waals surface area contributed by atoms with Gasteiger partial charge in [-0.2, -0.15) is 5.26 Å². The van der Waals surface area contributed by atoms with Gasteiger partial charge in [0.1, 0.15) is 0 Å². The number of nitriles is 1. The third-order valence-corrected chi connectivity index (χ3v) is 3.59. The predicted molar refractivity (Wildman–Crippen MR) is 53.4 cm³/mol. The SMILES string of the molecule is CC(CCNS(=O)(=O)C(C)C#N)C(=O)O. The molecule has 0 amide bonds. The Morgan fingerprint density at radius 3 is 2.47 bits per heavy atom. The number of hydrogen-bond acceptors (Lipinski definition) is 4. The smallest absolute Gasteiger partial charge is 0.306 e. The molecule has 0 saturated heterocycles. The van der Waals surface area contributed by atoms with Gasteiger partial charge in [-0.3, -0.25) is 4.79 Å². The minimum absolute atomic E-state index is 0.0296. The van der Waals surface area contributed by atoms with E-state index in [1.165, 1.54) is 13.8 Å². The Kier molecular flexibility index (Phi) is 5.25. The van der Waals surface area contributed by atoms with Crippen LogP contribution in [0.4, 0.5) is 0 Å². The molecule has 2 unspecified atom stereocenters. The lowest BCUT2D eigenvalue weighted by atomic mass is 10.1. The van der Waals surface area contributed by atoms with E-state index in [0.29, 0.717) is 0 Å². The van der Waals surface area contributed by atoms with Crippen molar-refractivity contribution < 1.29 is 18.3 Å². The van der Waals surface area contributed by atoms with Crippen molar-refractivity contribution in [1.82, 2.24) is 4.72 Å². The molecule has 0 aliphatic carbocycles. The molecule has 0 rings (SSSR count). The molecule has 0 heterocycles. The van der Waals surface area contributed by atoms with Crippen molar-refractivity contribution in [2.24, 2.45) is 5.92 Å². The fourth-order valence-electron chi connectivity index (χ4n) is 0.736. The van der Waals surface area contributed by atoms with Crippen molar-refractivity contribution in [3.05, 3.63) is 0 Å². The van der Waals surface area contributed by atoms with Crippen LogP contribution in [0.1, 0.15) is 20.3 Å². The van der Waals surface area contributed by atoms with Crippen LogP contribution in [0.3, 0.4) is 0 Å². The van der Waals surface area contributed by atoms with Gasteiger partial charge >= 0.3 is 5.97 Å². The molecule has 0 saturated carbocycles. The van der Waals surface area contributed by atoms with Gasteiger partial charge in [0, 0.05) is 6.54 Å². The summed E-state index contributed by atoms with van der Waals surface area (Å²) < 4.78 is 24.6. The van der Waals surface area contributed by atoms with E-state index in [4.69, 9.17) is 10.4 Å². The lowest BCUT2D eigenvalue weighted by Crippen LogP contribution is -2.33. The number of aliphatic carboxylic acids is 1. The summed E-state index contributed by atoms with van der Waals surface area (Å²) in [6.45, 7) is 2.79. The van der Waals surface area contributed by atoms with E-state index in [2.05, 4.69) is 4.72 Å². The number of carboxylic acid groups (broad SMARTS) is 1. The molecule has 0 spiro atoms. The third-order valence-electron chi connectivity index (χ3n) is 1.95. The van der Waals surface area contributed by atoms with Gasteiger partial charge in [-0.15, -0.1) is 0 Å². The first kappa shape index (κ1) is 13.9. The lowest BCUT2D eigenvalue weighted by Gasteiger charge is -2.09. The molecule has 15 heavy (non-hydrogen) atoms. The Balaban J connectivity index is 4.09. The highest BCUT2D eigenvalue weighted by Gasteiger charge is 2.20. The maximum Gasteiger partial charge on any atom is 0.306 e. The summed E-state index contributed by atoms with van der Waals surface area (Å²) in [5.41, 5.74) is 0. The Morgan fingerprint density at radius 2 is 2.07 bits per heavy atom. The molecule has 2 N–H and O–H groups in total. The molecule has 0 aliphatic rings. The highest BCUT2D eigenvalue weighted by Crippen LogP contribution is 2.02. The van der Waals surface area contributed by atoms with Crippen molar-refractivity contribution >= 4 is 16.0 Å². The number of sulfonamides is 1.